The van der Waals surface area contributed by atoms with Gasteiger partial charge in [0.25, 0.3) is 0 Å². The van der Waals surface area contributed by atoms with Crippen LogP contribution in [0.2, 0.25) is 0 Å². The Kier molecular flexibility index (Phi) is 7.05. The quantitative estimate of drug-likeness (QED) is 0.769. The fourth-order valence-corrected chi connectivity index (χ4v) is 4.27. The number of hydrogen-bond donors (Lipinski definition) is 1. The molecule has 1 aromatic carbocycles. The molecule has 1 aliphatic rings. The molecule has 1 aromatic rings. The molecule has 0 spiro atoms. The Morgan fingerprint density at radius 2 is 2.00 bits per heavy atom. The summed E-state index contributed by atoms with van der Waals surface area (Å²) in [6.07, 6.45) is 3.59. The van der Waals surface area contributed by atoms with E-state index in [0.29, 0.717) is 26.1 Å². The first-order valence-corrected chi connectivity index (χ1v) is 9.99. The normalized spacial score (nSPS) is 15.9. The molecule has 2 rings (SSSR count). The molecular formula is C17H26N2O4S. The van der Waals surface area contributed by atoms with Crippen LogP contribution in [0.5, 0.6) is 5.75 Å². The van der Waals surface area contributed by atoms with Crippen LogP contribution in [0.4, 0.5) is 0 Å². The van der Waals surface area contributed by atoms with Gasteiger partial charge < -0.3 is 10.1 Å². The number of amides is 1. The Morgan fingerprint density at radius 3 is 2.71 bits per heavy atom. The molecule has 0 radical (unpaired) electrons. The predicted octanol–water partition coefficient (Wildman–Crippen LogP) is 1.56. The first-order chi connectivity index (χ1) is 11.5. The zero-order valence-corrected chi connectivity index (χ0v) is 15.0. The van der Waals surface area contributed by atoms with E-state index in [2.05, 4.69) is 5.32 Å². The van der Waals surface area contributed by atoms with Gasteiger partial charge in [-0.25, -0.2) is 12.7 Å². The molecule has 134 valence electrons. The number of benzene rings is 1. The number of nitrogens with one attached hydrogen (secondary N) is 1. The minimum absolute atomic E-state index is 0.0109. The highest BCUT2D eigenvalue weighted by molar-refractivity contribution is 7.89. The first kappa shape index (κ1) is 18.7. The van der Waals surface area contributed by atoms with Crippen LogP contribution in [0.25, 0.3) is 0 Å². The average molecular weight is 354 g/mol. The number of rotatable bonds is 8. The van der Waals surface area contributed by atoms with Gasteiger partial charge in [0.05, 0.1) is 12.9 Å². The molecule has 0 saturated carbocycles. The van der Waals surface area contributed by atoms with E-state index in [1.807, 2.05) is 24.3 Å². The van der Waals surface area contributed by atoms with Gasteiger partial charge in [-0.3, -0.25) is 4.79 Å². The summed E-state index contributed by atoms with van der Waals surface area (Å²) in [7, 11) is -1.69. The zero-order chi connectivity index (χ0) is 17.4. The van der Waals surface area contributed by atoms with Gasteiger partial charge in [0, 0.05) is 26.1 Å². The molecule has 0 atom stereocenters. The molecule has 1 heterocycles. The molecule has 1 amide bonds. The molecule has 0 aliphatic carbocycles. The largest absolute Gasteiger partial charge is 0.497 e. The summed E-state index contributed by atoms with van der Waals surface area (Å²) in [5, 5.41) is 2.78. The zero-order valence-electron chi connectivity index (χ0n) is 14.2. The molecule has 24 heavy (non-hydrogen) atoms. The maximum atomic E-state index is 12.2. The summed E-state index contributed by atoms with van der Waals surface area (Å²) in [6, 6.07) is 7.66. The monoisotopic (exact) mass is 354 g/mol. The molecule has 0 bridgehead atoms. The summed E-state index contributed by atoms with van der Waals surface area (Å²) >= 11 is 0. The van der Waals surface area contributed by atoms with E-state index in [9.17, 15) is 13.2 Å². The third kappa shape index (κ3) is 5.79. The molecule has 1 saturated heterocycles. The second-order valence-corrected chi connectivity index (χ2v) is 8.07. The van der Waals surface area contributed by atoms with Crippen molar-refractivity contribution in [3.8, 4) is 5.75 Å². The fourth-order valence-electron chi connectivity index (χ4n) is 2.76. The van der Waals surface area contributed by atoms with Crippen molar-refractivity contribution in [1.29, 1.82) is 0 Å². The van der Waals surface area contributed by atoms with E-state index >= 15 is 0 Å². The van der Waals surface area contributed by atoms with Crippen molar-refractivity contribution in [3.05, 3.63) is 29.8 Å². The first-order valence-electron chi connectivity index (χ1n) is 8.39. The van der Waals surface area contributed by atoms with Crippen molar-refractivity contribution < 1.29 is 17.9 Å². The van der Waals surface area contributed by atoms with Crippen molar-refractivity contribution in [1.82, 2.24) is 9.62 Å². The van der Waals surface area contributed by atoms with E-state index < -0.39 is 10.0 Å². The van der Waals surface area contributed by atoms with Crippen LogP contribution in [-0.4, -0.2) is 51.1 Å². The third-order valence-electron chi connectivity index (χ3n) is 4.17. The van der Waals surface area contributed by atoms with Crippen LogP contribution in [0.1, 0.15) is 31.2 Å². The van der Waals surface area contributed by atoms with Crippen molar-refractivity contribution in [3.63, 3.8) is 0 Å². The Bertz CT molecular complexity index is 640. The molecule has 1 aliphatic heterocycles. The Balaban J connectivity index is 1.71. The van der Waals surface area contributed by atoms with Crippen LogP contribution in [-0.2, 0) is 21.2 Å². The highest BCUT2D eigenvalue weighted by atomic mass is 32.2. The molecule has 7 heteroatoms. The van der Waals surface area contributed by atoms with Gasteiger partial charge in [0.2, 0.25) is 15.9 Å². The minimum Gasteiger partial charge on any atom is -0.497 e. The van der Waals surface area contributed by atoms with E-state index in [1.165, 1.54) is 4.31 Å². The Morgan fingerprint density at radius 1 is 1.25 bits per heavy atom. The number of ether oxygens (including phenoxy) is 1. The van der Waals surface area contributed by atoms with Crippen LogP contribution in [0, 0.1) is 0 Å². The standard InChI is InChI=1S/C17H26N2O4S/c1-23-16-7-5-6-15(14-16)8-10-18-17(20)9-13-24(21,22)19-11-3-2-4-12-19/h5-7,14H,2-4,8-13H2,1H3,(H,18,20). The van der Waals surface area contributed by atoms with E-state index in [4.69, 9.17) is 4.74 Å². The lowest BCUT2D eigenvalue weighted by Crippen LogP contribution is -2.38. The third-order valence-corrected chi connectivity index (χ3v) is 6.04. The number of hydrogen-bond acceptors (Lipinski definition) is 4. The van der Waals surface area contributed by atoms with Crippen LogP contribution < -0.4 is 10.1 Å². The maximum absolute atomic E-state index is 12.2. The van der Waals surface area contributed by atoms with Gasteiger partial charge in [-0.2, -0.15) is 0 Å². The van der Waals surface area contributed by atoms with Gasteiger partial charge in [-0.1, -0.05) is 18.6 Å². The van der Waals surface area contributed by atoms with Crippen molar-refractivity contribution in [2.45, 2.75) is 32.1 Å². The lowest BCUT2D eigenvalue weighted by atomic mass is 10.1. The fraction of sp³-hybridized carbons (Fsp3) is 0.588. The molecule has 6 nitrogen and oxygen atoms in total. The smallest absolute Gasteiger partial charge is 0.221 e. The highest BCUT2D eigenvalue weighted by Crippen LogP contribution is 2.14. The summed E-state index contributed by atoms with van der Waals surface area (Å²) in [5.74, 6) is 0.447. The number of carbonyl (C=O) groups excluding carboxylic acids is 1. The topological polar surface area (TPSA) is 75.7 Å². The minimum atomic E-state index is -3.31. The summed E-state index contributed by atoms with van der Waals surface area (Å²) < 4.78 is 31.0. The number of carbonyl (C=O) groups is 1. The van der Waals surface area contributed by atoms with E-state index in [-0.39, 0.29) is 18.1 Å². The summed E-state index contributed by atoms with van der Waals surface area (Å²) in [5.41, 5.74) is 1.07. The lowest BCUT2D eigenvalue weighted by molar-refractivity contribution is -0.120. The number of piperidine rings is 1. The van der Waals surface area contributed by atoms with Gasteiger partial charge in [-0.05, 0) is 37.0 Å². The molecule has 0 unspecified atom stereocenters. The molecular weight excluding hydrogens is 328 g/mol. The van der Waals surface area contributed by atoms with Crippen LogP contribution in [0.3, 0.4) is 0 Å². The van der Waals surface area contributed by atoms with Gasteiger partial charge in [0.15, 0.2) is 0 Å². The van der Waals surface area contributed by atoms with E-state index in [0.717, 1.165) is 30.6 Å². The molecule has 1 fully saturated rings. The van der Waals surface area contributed by atoms with Gasteiger partial charge in [-0.15, -0.1) is 0 Å². The maximum Gasteiger partial charge on any atom is 0.221 e. The molecule has 0 aromatic heterocycles. The number of sulfonamides is 1. The van der Waals surface area contributed by atoms with Crippen LogP contribution in [0.15, 0.2) is 24.3 Å². The Hall–Kier alpha value is -1.60. The average Bonchev–Trinajstić information content (AvgIpc) is 2.61. The van der Waals surface area contributed by atoms with Crippen molar-refractivity contribution in [2.75, 3.05) is 32.5 Å². The molecule has 1 N–H and O–H groups in total. The summed E-state index contributed by atoms with van der Waals surface area (Å²) in [4.78, 5) is 11.9. The second kappa shape index (κ2) is 9.03. The number of nitrogens with zero attached hydrogens (tertiary/aromatic N) is 1. The lowest BCUT2D eigenvalue weighted by Gasteiger charge is -2.25. The van der Waals surface area contributed by atoms with Crippen molar-refractivity contribution >= 4 is 15.9 Å². The Labute approximate surface area is 144 Å². The number of methoxy groups -OCH3 is 1. The van der Waals surface area contributed by atoms with E-state index in [1.54, 1.807) is 7.11 Å². The van der Waals surface area contributed by atoms with Crippen LogP contribution >= 0.6 is 0 Å². The predicted molar refractivity (Wildman–Crippen MR) is 93.5 cm³/mol. The SMILES string of the molecule is COc1cccc(CCNC(=O)CCS(=O)(=O)N2CCCCC2)c1. The second-order valence-electron chi connectivity index (χ2n) is 5.98. The highest BCUT2D eigenvalue weighted by Gasteiger charge is 2.24. The van der Waals surface area contributed by atoms with Gasteiger partial charge >= 0.3 is 0 Å². The van der Waals surface area contributed by atoms with Crippen molar-refractivity contribution in [2.24, 2.45) is 0 Å². The van der Waals surface area contributed by atoms with Gasteiger partial charge in [0.1, 0.15) is 5.75 Å². The summed E-state index contributed by atoms with van der Waals surface area (Å²) in [6.45, 7) is 1.65.